The summed E-state index contributed by atoms with van der Waals surface area (Å²) in [7, 11) is 3.75. The molecule has 0 atom stereocenters. The van der Waals surface area contributed by atoms with Gasteiger partial charge in [0.05, 0.1) is 0 Å². The summed E-state index contributed by atoms with van der Waals surface area (Å²) in [6, 6.07) is 0. The second kappa shape index (κ2) is 7.58. The first-order chi connectivity index (χ1) is 5.66. The van der Waals surface area contributed by atoms with Gasteiger partial charge in [0.1, 0.15) is 0 Å². The third-order valence-corrected chi connectivity index (χ3v) is 2.14. The predicted molar refractivity (Wildman–Crippen MR) is 53.8 cm³/mol. The molecule has 12 heavy (non-hydrogen) atoms. The normalized spacial score (nSPS) is 10.7. The van der Waals surface area contributed by atoms with Crippen molar-refractivity contribution < 1.29 is 4.79 Å². The summed E-state index contributed by atoms with van der Waals surface area (Å²) in [5, 5.41) is 0.247. The van der Waals surface area contributed by atoms with Crippen LogP contribution >= 0.6 is 11.9 Å². The SMILES string of the molecule is CN(C)SC(=O)CCCCCN. The average molecular weight is 190 g/mol. The van der Waals surface area contributed by atoms with Gasteiger partial charge in [0.2, 0.25) is 5.12 Å². The molecule has 4 heteroatoms. The van der Waals surface area contributed by atoms with Crippen molar-refractivity contribution in [3.8, 4) is 0 Å². The molecule has 0 spiro atoms. The zero-order valence-electron chi connectivity index (χ0n) is 7.88. The Morgan fingerprint density at radius 3 is 2.50 bits per heavy atom. The second-order valence-electron chi connectivity index (χ2n) is 2.87. The van der Waals surface area contributed by atoms with Gasteiger partial charge in [-0.1, -0.05) is 6.42 Å². The van der Waals surface area contributed by atoms with E-state index in [1.54, 1.807) is 0 Å². The van der Waals surface area contributed by atoms with Crippen molar-refractivity contribution in [3.05, 3.63) is 0 Å². The molecule has 0 aromatic rings. The maximum Gasteiger partial charge on any atom is 0.203 e. The Morgan fingerprint density at radius 1 is 1.33 bits per heavy atom. The van der Waals surface area contributed by atoms with Crippen LogP contribution < -0.4 is 5.73 Å². The molecule has 0 aromatic carbocycles. The van der Waals surface area contributed by atoms with Crippen molar-refractivity contribution in [1.82, 2.24) is 4.31 Å². The van der Waals surface area contributed by atoms with Crippen LogP contribution in [0.2, 0.25) is 0 Å². The van der Waals surface area contributed by atoms with E-state index in [-0.39, 0.29) is 5.12 Å². The standard InChI is InChI=1S/C8H18N2OS/c1-10(2)12-8(11)6-4-3-5-7-9/h3-7,9H2,1-2H3. The van der Waals surface area contributed by atoms with Crippen molar-refractivity contribution in [3.63, 3.8) is 0 Å². The number of rotatable bonds is 6. The van der Waals surface area contributed by atoms with E-state index in [1.165, 1.54) is 11.9 Å². The summed E-state index contributed by atoms with van der Waals surface area (Å²) in [6.45, 7) is 0.731. The fourth-order valence-corrected chi connectivity index (χ4v) is 1.48. The molecule has 0 bridgehead atoms. The van der Waals surface area contributed by atoms with E-state index in [0.717, 1.165) is 25.8 Å². The quantitative estimate of drug-likeness (QED) is 0.505. The fourth-order valence-electron chi connectivity index (χ4n) is 0.840. The van der Waals surface area contributed by atoms with Gasteiger partial charge in [0.25, 0.3) is 0 Å². The lowest BCUT2D eigenvalue weighted by Gasteiger charge is -2.05. The molecular formula is C8H18N2OS. The minimum Gasteiger partial charge on any atom is -0.330 e. The highest BCUT2D eigenvalue weighted by atomic mass is 32.2. The van der Waals surface area contributed by atoms with E-state index in [2.05, 4.69) is 0 Å². The van der Waals surface area contributed by atoms with Gasteiger partial charge in [-0.15, -0.1) is 0 Å². The third kappa shape index (κ3) is 8.04. The van der Waals surface area contributed by atoms with E-state index in [9.17, 15) is 4.79 Å². The van der Waals surface area contributed by atoms with Crippen LogP contribution in [0.4, 0.5) is 0 Å². The van der Waals surface area contributed by atoms with Gasteiger partial charge in [-0.3, -0.25) is 9.10 Å². The van der Waals surface area contributed by atoms with Gasteiger partial charge in [0.15, 0.2) is 0 Å². The van der Waals surface area contributed by atoms with E-state index < -0.39 is 0 Å². The fraction of sp³-hybridized carbons (Fsp3) is 0.875. The molecule has 0 unspecified atom stereocenters. The molecule has 0 heterocycles. The van der Waals surface area contributed by atoms with Crippen LogP contribution in [0.25, 0.3) is 0 Å². The number of unbranched alkanes of at least 4 members (excludes halogenated alkanes) is 2. The van der Waals surface area contributed by atoms with Crippen LogP contribution in [0.3, 0.4) is 0 Å². The van der Waals surface area contributed by atoms with Crippen LogP contribution in [-0.2, 0) is 4.79 Å². The molecule has 72 valence electrons. The lowest BCUT2D eigenvalue weighted by molar-refractivity contribution is -0.111. The Labute approximate surface area is 78.8 Å². The summed E-state index contributed by atoms with van der Waals surface area (Å²) in [5.74, 6) is 0. The molecule has 3 nitrogen and oxygen atoms in total. The monoisotopic (exact) mass is 190 g/mol. The van der Waals surface area contributed by atoms with E-state index >= 15 is 0 Å². The molecule has 0 aliphatic carbocycles. The van der Waals surface area contributed by atoms with Crippen LogP contribution in [0.5, 0.6) is 0 Å². The minimum absolute atomic E-state index is 0.247. The predicted octanol–water partition coefficient (Wildman–Crippen LogP) is 1.24. The van der Waals surface area contributed by atoms with Crippen molar-refractivity contribution in [1.29, 1.82) is 0 Å². The number of nitrogens with two attached hydrogens (primary N) is 1. The van der Waals surface area contributed by atoms with Gasteiger partial charge in [-0.25, -0.2) is 0 Å². The highest BCUT2D eigenvalue weighted by Gasteiger charge is 2.03. The smallest absolute Gasteiger partial charge is 0.203 e. The first-order valence-corrected chi connectivity index (χ1v) is 5.02. The average Bonchev–Trinajstić information content (AvgIpc) is 1.97. The van der Waals surface area contributed by atoms with Crippen LogP contribution in [0.15, 0.2) is 0 Å². The first kappa shape index (κ1) is 11.9. The molecule has 0 saturated carbocycles. The minimum atomic E-state index is 0.247. The molecule has 0 aliphatic rings. The lowest BCUT2D eigenvalue weighted by atomic mass is 10.2. The number of hydrogen-bond donors (Lipinski definition) is 1. The van der Waals surface area contributed by atoms with Gasteiger partial charge in [-0.05, 0) is 45.4 Å². The van der Waals surface area contributed by atoms with Crippen molar-refractivity contribution >= 4 is 17.1 Å². The van der Waals surface area contributed by atoms with E-state index in [0.29, 0.717) is 6.42 Å². The summed E-state index contributed by atoms with van der Waals surface area (Å²) in [6.07, 6.45) is 3.73. The van der Waals surface area contributed by atoms with E-state index in [1.807, 2.05) is 18.4 Å². The summed E-state index contributed by atoms with van der Waals surface area (Å²) in [4.78, 5) is 11.1. The molecular weight excluding hydrogens is 172 g/mol. The molecule has 0 aliphatic heterocycles. The van der Waals surface area contributed by atoms with Crippen molar-refractivity contribution in [2.24, 2.45) is 5.73 Å². The highest BCUT2D eigenvalue weighted by Crippen LogP contribution is 2.10. The van der Waals surface area contributed by atoms with Crippen LogP contribution in [-0.4, -0.2) is 30.1 Å². The van der Waals surface area contributed by atoms with E-state index in [4.69, 9.17) is 5.73 Å². The topological polar surface area (TPSA) is 46.3 Å². The summed E-state index contributed by atoms with van der Waals surface area (Å²) in [5.41, 5.74) is 5.33. The number of nitrogens with zero attached hydrogens (tertiary/aromatic N) is 1. The van der Waals surface area contributed by atoms with Gasteiger partial charge in [-0.2, -0.15) is 0 Å². The van der Waals surface area contributed by atoms with Crippen LogP contribution in [0.1, 0.15) is 25.7 Å². The number of hydrogen-bond acceptors (Lipinski definition) is 4. The Hall–Kier alpha value is -0.0600. The largest absolute Gasteiger partial charge is 0.330 e. The molecule has 0 fully saturated rings. The van der Waals surface area contributed by atoms with Crippen molar-refractivity contribution in [2.75, 3.05) is 20.6 Å². The molecule has 0 radical (unpaired) electrons. The molecule has 2 N–H and O–H groups in total. The molecule has 0 saturated heterocycles. The Bertz CT molecular complexity index is 128. The highest BCUT2D eigenvalue weighted by molar-refractivity contribution is 8.11. The summed E-state index contributed by atoms with van der Waals surface area (Å²) >= 11 is 1.28. The maximum atomic E-state index is 11.1. The van der Waals surface area contributed by atoms with Gasteiger partial charge < -0.3 is 5.73 Å². The first-order valence-electron chi connectivity index (χ1n) is 4.25. The Morgan fingerprint density at radius 2 is 2.00 bits per heavy atom. The third-order valence-electron chi connectivity index (χ3n) is 1.37. The molecule has 0 aromatic heterocycles. The van der Waals surface area contributed by atoms with Gasteiger partial charge >= 0.3 is 0 Å². The van der Waals surface area contributed by atoms with Crippen LogP contribution in [0, 0.1) is 0 Å². The number of carbonyl (C=O) groups is 1. The molecule has 0 amide bonds. The summed E-state index contributed by atoms with van der Waals surface area (Å²) < 4.78 is 1.82. The van der Waals surface area contributed by atoms with Crippen molar-refractivity contribution in [2.45, 2.75) is 25.7 Å². The number of carbonyl (C=O) groups excluding carboxylic acids is 1. The zero-order valence-corrected chi connectivity index (χ0v) is 8.69. The molecule has 0 rings (SSSR count). The maximum absolute atomic E-state index is 11.1. The zero-order chi connectivity index (χ0) is 9.40. The Kier molecular flexibility index (Phi) is 7.54. The second-order valence-corrected chi connectivity index (χ2v) is 4.24. The van der Waals surface area contributed by atoms with Gasteiger partial charge in [0, 0.05) is 6.42 Å². The Balaban J connectivity index is 3.20. The lowest BCUT2D eigenvalue weighted by Crippen LogP contribution is -2.05.